The Kier molecular flexibility index (Phi) is 5.40. The summed E-state index contributed by atoms with van der Waals surface area (Å²) in [6.07, 6.45) is 2.04. The van der Waals surface area contributed by atoms with E-state index >= 15 is 0 Å². The lowest BCUT2D eigenvalue weighted by Crippen LogP contribution is -2.40. The smallest absolute Gasteiger partial charge is 0.224 e. The van der Waals surface area contributed by atoms with Crippen LogP contribution in [0.1, 0.15) is 20.8 Å². The molecule has 0 radical (unpaired) electrons. The lowest BCUT2D eigenvalue weighted by atomic mass is 10.1. The van der Waals surface area contributed by atoms with Crippen LogP contribution in [0.25, 0.3) is 0 Å². The minimum absolute atomic E-state index is 0.0459. The Bertz CT molecular complexity index is 171. The second-order valence-corrected chi connectivity index (χ2v) is 5.33. The minimum atomic E-state index is -0.0855. The molecule has 0 aliphatic heterocycles. The van der Waals surface area contributed by atoms with E-state index in [1.165, 1.54) is 0 Å². The van der Waals surface area contributed by atoms with Crippen LogP contribution in [0.3, 0.4) is 0 Å². The van der Waals surface area contributed by atoms with E-state index in [1.54, 1.807) is 11.8 Å². The quantitative estimate of drug-likeness (QED) is 0.698. The Hall–Kier alpha value is -0.220. The highest BCUT2D eigenvalue weighted by atomic mass is 32.2. The largest absolute Gasteiger partial charge is 0.354 e. The van der Waals surface area contributed by atoms with Gasteiger partial charge in [-0.15, -0.1) is 0 Å². The van der Waals surface area contributed by atoms with Crippen molar-refractivity contribution < 1.29 is 4.79 Å². The molecule has 1 amide bonds. The molecule has 0 aliphatic rings. The lowest BCUT2D eigenvalue weighted by molar-refractivity contribution is -0.124. The van der Waals surface area contributed by atoms with Crippen molar-refractivity contribution in [3.8, 4) is 0 Å². The SMILES string of the molecule is CSC(C)(C)CNC(=O)C(C)CN. The highest BCUT2D eigenvalue weighted by molar-refractivity contribution is 7.99. The molecule has 78 valence electrons. The zero-order valence-electron chi connectivity index (χ0n) is 8.89. The molecule has 0 saturated carbocycles. The highest BCUT2D eigenvalue weighted by Gasteiger charge is 2.18. The molecule has 0 fully saturated rings. The maximum atomic E-state index is 11.3. The predicted molar refractivity (Wildman–Crippen MR) is 58.8 cm³/mol. The predicted octanol–water partition coefficient (Wildman–Crippen LogP) is 0.839. The van der Waals surface area contributed by atoms with Gasteiger partial charge in [-0.1, -0.05) is 6.92 Å². The number of thioether (sulfide) groups is 1. The minimum Gasteiger partial charge on any atom is -0.354 e. The van der Waals surface area contributed by atoms with Crippen molar-refractivity contribution in [2.45, 2.75) is 25.5 Å². The summed E-state index contributed by atoms with van der Waals surface area (Å²) in [5.41, 5.74) is 5.38. The third-order valence-electron chi connectivity index (χ3n) is 2.04. The van der Waals surface area contributed by atoms with E-state index in [-0.39, 0.29) is 16.6 Å². The van der Waals surface area contributed by atoms with Gasteiger partial charge in [0.05, 0.1) is 0 Å². The van der Waals surface area contributed by atoms with Crippen LogP contribution in [0, 0.1) is 5.92 Å². The molecule has 4 heteroatoms. The van der Waals surface area contributed by atoms with Gasteiger partial charge in [0.15, 0.2) is 0 Å². The molecule has 0 saturated heterocycles. The van der Waals surface area contributed by atoms with Crippen molar-refractivity contribution in [1.29, 1.82) is 0 Å². The molecule has 3 nitrogen and oxygen atoms in total. The summed E-state index contributed by atoms with van der Waals surface area (Å²) in [5, 5.41) is 2.88. The fourth-order valence-corrected chi connectivity index (χ4v) is 0.870. The monoisotopic (exact) mass is 204 g/mol. The number of hydrogen-bond donors (Lipinski definition) is 2. The van der Waals surface area contributed by atoms with Crippen molar-refractivity contribution in [3.63, 3.8) is 0 Å². The van der Waals surface area contributed by atoms with E-state index in [0.29, 0.717) is 13.1 Å². The van der Waals surface area contributed by atoms with Crippen LogP contribution in [-0.2, 0) is 4.79 Å². The maximum absolute atomic E-state index is 11.3. The number of hydrogen-bond acceptors (Lipinski definition) is 3. The van der Waals surface area contributed by atoms with Crippen molar-refractivity contribution in [3.05, 3.63) is 0 Å². The van der Waals surface area contributed by atoms with Crippen LogP contribution < -0.4 is 11.1 Å². The summed E-state index contributed by atoms with van der Waals surface area (Å²) in [6.45, 7) is 7.14. The molecule has 13 heavy (non-hydrogen) atoms. The summed E-state index contributed by atoms with van der Waals surface area (Å²) in [7, 11) is 0. The summed E-state index contributed by atoms with van der Waals surface area (Å²) in [6, 6.07) is 0. The number of carbonyl (C=O) groups is 1. The average molecular weight is 204 g/mol. The van der Waals surface area contributed by atoms with E-state index in [2.05, 4.69) is 19.2 Å². The molecule has 0 spiro atoms. The molecule has 1 unspecified atom stereocenters. The first kappa shape index (κ1) is 12.8. The Morgan fingerprint density at radius 3 is 2.54 bits per heavy atom. The Morgan fingerprint density at radius 1 is 1.62 bits per heavy atom. The van der Waals surface area contributed by atoms with Gasteiger partial charge in [-0.2, -0.15) is 11.8 Å². The Labute approximate surface area is 84.8 Å². The summed E-state index contributed by atoms with van der Waals surface area (Å²) in [4.78, 5) is 11.3. The van der Waals surface area contributed by atoms with Crippen molar-refractivity contribution in [2.75, 3.05) is 19.3 Å². The maximum Gasteiger partial charge on any atom is 0.224 e. The van der Waals surface area contributed by atoms with Gasteiger partial charge in [-0.3, -0.25) is 4.79 Å². The van der Waals surface area contributed by atoms with Gasteiger partial charge in [-0.25, -0.2) is 0 Å². The molecule has 0 aromatic heterocycles. The molecule has 1 atom stereocenters. The lowest BCUT2D eigenvalue weighted by Gasteiger charge is -2.23. The molecule has 0 aromatic carbocycles. The molecular weight excluding hydrogens is 184 g/mol. The van der Waals surface area contributed by atoms with Gasteiger partial charge >= 0.3 is 0 Å². The molecule has 0 bridgehead atoms. The van der Waals surface area contributed by atoms with Gasteiger partial charge in [0.1, 0.15) is 0 Å². The van der Waals surface area contributed by atoms with Gasteiger partial charge in [0.2, 0.25) is 5.91 Å². The zero-order chi connectivity index (χ0) is 10.5. The average Bonchev–Trinajstić information content (AvgIpc) is 2.13. The fraction of sp³-hybridized carbons (Fsp3) is 0.889. The van der Waals surface area contributed by atoms with E-state index in [9.17, 15) is 4.79 Å². The van der Waals surface area contributed by atoms with Crippen LogP contribution in [0.4, 0.5) is 0 Å². The number of nitrogens with two attached hydrogens (primary N) is 1. The molecule has 0 aliphatic carbocycles. The van der Waals surface area contributed by atoms with Gasteiger partial charge in [-0.05, 0) is 20.1 Å². The third-order valence-corrected chi connectivity index (χ3v) is 3.29. The van der Waals surface area contributed by atoms with Crippen molar-refractivity contribution in [2.24, 2.45) is 11.7 Å². The van der Waals surface area contributed by atoms with Crippen molar-refractivity contribution >= 4 is 17.7 Å². The first-order chi connectivity index (χ1) is 5.93. The van der Waals surface area contributed by atoms with E-state index in [4.69, 9.17) is 5.73 Å². The highest BCUT2D eigenvalue weighted by Crippen LogP contribution is 2.19. The second kappa shape index (κ2) is 5.50. The normalized spacial score (nSPS) is 13.9. The van der Waals surface area contributed by atoms with Gasteiger partial charge in [0.25, 0.3) is 0 Å². The van der Waals surface area contributed by atoms with E-state index in [0.717, 1.165) is 0 Å². The Balaban J connectivity index is 3.83. The van der Waals surface area contributed by atoms with Crippen LogP contribution in [0.2, 0.25) is 0 Å². The fourth-order valence-electron chi connectivity index (χ4n) is 0.653. The second-order valence-electron chi connectivity index (χ2n) is 3.82. The standard InChI is InChI=1S/C9H20N2OS/c1-7(5-10)8(12)11-6-9(2,3)13-4/h7H,5-6,10H2,1-4H3,(H,11,12). The zero-order valence-corrected chi connectivity index (χ0v) is 9.70. The van der Waals surface area contributed by atoms with E-state index in [1.807, 2.05) is 13.2 Å². The number of amides is 1. The third kappa shape index (κ3) is 5.16. The van der Waals surface area contributed by atoms with Gasteiger partial charge in [0, 0.05) is 23.8 Å². The van der Waals surface area contributed by atoms with Crippen LogP contribution in [-0.4, -0.2) is 30.0 Å². The molecule has 0 heterocycles. The molecule has 3 N–H and O–H groups in total. The van der Waals surface area contributed by atoms with Crippen LogP contribution in [0.15, 0.2) is 0 Å². The van der Waals surface area contributed by atoms with E-state index < -0.39 is 0 Å². The topological polar surface area (TPSA) is 55.1 Å². The van der Waals surface area contributed by atoms with Gasteiger partial charge < -0.3 is 11.1 Å². The summed E-state index contributed by atoms with van der Waals surface area (Å²) in [5.74, 6) is -0.0396. The molecule has 0 rings (SSSR count). The molecule has 0 aromatic rings. The van der Waals surface area contributed by atoms with Crippen LogP contribution in [0.5, 0.6) is 0 Å². The molecular formula is C9H20N2OS. The first-order valence-corrected chi connectivity index (χ1v) is 5.68. The number of nitrogens with one attached hydrogen (secondary N) is 1. The summed E-state index contributed by atoms with van der Waals surface area (Å²) >= 11 is 1.74. The van der Waals surface area contributed by atoms with Crippen molar-refractivity contribution in [1.82, 2.24) is 5.32 Å². The number of rotatable bonds is 5. The van der Waals surface area contributed by atoms with Crippen LogP contribution >= 0.6 is 11.8 Å². The summed E-state index contributed by atoms with van der Waals surface area (Å²) < 4.78 is 0.101. The Morgan fingerprint density at radius 2 is 2.15 bits per heavy atom. The first-order valence-electron chi connectivity index (χ1n) is 4.46. The number of carbonyl (C=O) groups excluding carboxylic acids is 1.